The van der Waals surface area contributed by atoms with E-state index < -0.39 is 10.3 Å². The summed E-state index contributed by atoms with van der Waals surface area (Å²) in [4.78, 5) is 10.6. The molecular weight excluding hydrogens is 256 g/mol. The normalized spacial score (nSPS) is 10.9. The number of ether oxygens (including phenoxy) is 1. The van der Waals surface area contributed by atoms with Crippen LogP contribution in [0.25, 0.3) is 0 Å². The van der Waals surface area contributed by atoms with Gasteiger partial charge in [-0.2, -0.15) is 5.26 Å². The van der Waals surface area contributed by atoms with Crippen molar-refractivity contribution in [3.8, 4) is 11.8 Å². The van der Waals surface area contributed by atoms with Gasteiger partial charge in [-0.05, 0) is 51.7 Å². The number of hydrogen-bond donors (Lipinski definition) is 0. The highest BCUT2D eigenvalue weighted by Gasteiger charge is 2.19. The van der Waals surface area contributed by atoms with Gasteiger partial charge in [0.25, 0.3) is 0 Å². The molecule has 1 rings (SSSR count). The van der Waals surface area contributed by atoms with Crippen molar-refractivity contribution in [1.82, 2.24) is 0 Å². The molecule has 0 radical (unpaired) electrons. The molecule has 0 saturated heterocycles. The monoisotopic (exact) mass is 276 g/mol. The van der Waals surface area contributed by atoms with E-state index in [0.29, 0.717) is 25.2 Å². The van der Waals surface area contributed by atoms with Gasteiger partial charge >= 0.3 is 5.69 Å². The van der Waals surface area contributed by atoms with E-state index in [2.05, 4.69) is 6.07 Å². The van der Waals surface area contributed by atoms with Gasteiger partial charge in [0.05, 0.1) is 23.0 Å². The molecule has 0 amide bonds. The largest absolute Gasteiger partial charge is 0.487 e. The number of nitrogens with zero attached hydrogens (tertiary/aromatic N) is 2. The Bertz CT molecular complexity index is 545. The van der Waals surface area contributed by atoms with E-state index in [1.807, 2.05) is 26.8 Å². The number of benzene rings is 1. The summed E-state index contributed by atoms with van der Waals surface area (Å²) in [5.74, 6) is 0.329. The molecule has 0 bridgehead atoms. The Kier molecular flexibility index (Phi) is 5.09. The van der Waals surface area contributed by atoms with Gasteiger partial charge in [0.2, 0.25) is 0 Å². The van der Waals surface area contributed by atoms with Crippen molar-refractivity contribution in [2.24, 2.45) is 5.41 Å². The van der Waals surface area contributed by atoms with Crippen LogP contribution in [0.5, 0.6) is 5.75 Å². The van der Waals surface area contributed by atoms with E-state index in [0.717, 1.165) is 11.1 Å². The van der Waals surface area contributed by atoms with Gasteiger partial charge in [0.15, 0.2) is 5.75 Å². The van der Waals surface area contributed by atoms with E-state index in [1.165, 1.54) is 6.07 Å². The van der Waals surface area contributed by atoms with Crippen LogP contribution in [0.3, 0.4) is 0 Å². The lowest BCUT2D eigenvalue weighted by molar-refractivity contribution is -0.386. The zero-order chi connectivity index (χ0) is 15.3. The van der Waals surface area contributed by atoms with E-state index in [9.17, 15) is 10.1 Å². The average Bonchev–Trinajstić information content (AvgIpc) is 2.35. The van der Waals surface area contributed by atoms with Crippen molar-refractivity contribution in [3.05, 3.63) is 33.4 Å². The fourth-order valence-corrected chi connectivity index (χ4v) is 2.00. The standard InChI is InChI=1S/C15H20N2O3/c1-11-8-12(2)14(13(9-11)17(18)19)20-7-5-6-15(3,4)10-16/h8-9H,5-7H2,1-4H3. The summed E-state index contributed by atoms with van der Waals surface area (Å²) < 4.78 is 5.57. The number of nitriles is 1. The number of rotatable bonds is 6. The van der Waals surface area contributed by atoms with Gasteiger partial charge in [0.1, 0.15) is 0 Å². The first-order valence-corrected chi connectivity index (χ1v) is 6.56. The van der Waals surface area contributed by atoms with Crippen LogP contribution in [0.1, 0.15) is 37.8 Å². The predicted molar refractivity (Wildman–Crippen MR) is 76.7 cm³/mol. The lowest BCUT2D eigenvalue weighted by Crippen LogP contribution is -2.10. The van der Waals surface area contributed by atoms with Crippen LogP contribution < -0.4 is 4.74 Å². The Morgan fingerprint density at radius 3 is 2.60 bits per heavy atom. The number of aryl methyl sites for hydroxylation is 2. The molecule has 0 fully saturated rings. The Hall–Kier alpha value is -2.09. The van der Waals surface area contributed by atoms with Gasteiger partial charge in [-0.3, -0.25) is 10.1 Å². The summed E-state index contributed by atoms with van der Waals surface area (Å²) in [5.41, 5.74) is 1.21. The first-order chi connectivity index (χ1) is 9.26. The number of nitro groups is 1. The van der Waals surface area contributed by atoms with E-state index in [1.54, 1.807) is 6.92 Å². The SMILES string of the molecule is Cc1cc(C)c(OCCCC(C)(C)C#N)c([N+](=O)[O-])c1. The van der Waals surface area contributed by atoms with Gasteiger partial charge in [-0.15, -0.1) is 0 Å². The molecular formula is C15H20N2O3. The summed E-state index contributed by atoms with van der Waals surface area (Å²) in [6.45, 7) is 7.72. The minimum atomic E-state index is -0.422. The third kappa shape index (κ3) is 4.23. The molecule has 0 aliphatic heterocycles. The van der Waals surface area contributed by atoms with E-state index in [-0.39, 0.29) is 5.69 Å². The highest BCUT2D eigenvalue weighted by Crippen LogP contribution is 2.32. The molecule has 0 saturated carbocycles. The first kappa shape index (κ1) is 16.0. The molecule has 20 heavy (non-hydrogen) atoms. The molecule has 1 aromatic rings. The Labute approximate surface area is 119 Å². The Morgan fingerprint density at radius 1 is 1.40 bits per heavy atom. The summed E-state index contributed by atoms with van der Waals surface area (Å²) >= 11 is 0. The van der Waals surface area contributed by atoms with Crippen molar-refractivity contribution in [2.45, 2.75) is 40.5 Å². The molecule has 0 aromatic heterocycles. The van der Waals surface area contributed by atoms with Crippen LogP contribution in [-0.2, 0) is 0 Å². The van der Waals surface area contributed by atoms with Crippen LogP contribution >= 0.6 is 0 Å². The topological polar surface area (TPSA) is 76.2 Å². The third-order valence-corrected chi connectivity index (χ3v) is 3.09. The van der Waals surface area contributed by atoms with Crippen LogP contribution in [0.2, 0.25) is 0 Å². The average molecular weight is 276 g/mol. The summed E-state index contributed by atoms with van der Waals surface area (Å²) in [7, 11) is 0. The Balaban J connectivity index is 2.74. The van der Waals surface area contributed by atoms with Gasteiger partial charge in [-0.25, -0.2) is 0 Å². The van der Waals surface area contributed by atoms with E-state index >= 15 is 0 Å². The Morgan fingerprint density at radius 2 is 2.05 bits per heavy atom. The highest BCUT2D eigenvalue weighted by atomic mass is 16.6. The minimum absolute atomic E-state index is 0.00189. The smallest absolute Gasteiger partial charge is 0.311 e. The van der Waals surface area contributed by atoms with Crippen molar-refractivity contribution in [3.63, 3.8) is 0 Å². The lowest BCUT2D eigenvalue weighted by Gasteiger charge is -2.15. The maximum Gasteiger partial charge on any atom is 0.311 e. The maximum absolute atomic E-state index is 11.0. The molecule has 0 atom stereocenters. The third-order valence-electron chi connectivity index (χ3n) is 3.09. The summed E-state index contributed by atoms with van der Waals surface area (Å²) in [6, 6.07) is 5.60. The van der Waals surface area contributed by atoms with Gasteiger partial charge in [-0.1, -0.05) is 6.07 Å². The molecule has 1 aromatic carbocycles. The second-order valence-corrected chi connectivity index (χ2v) is 5.63. The van der Waals surface area contributed by atoms with Crippen molar-refractivity contribution in [2.75, 3.05) is 6.61 Å². The molecule has 0 heterocycles. The molecule has 0 unspecified atom stereocenters. The highest BCUT2D eigenvalue weighted by molar-refractivity contribution is 5.53. The molecule has 0 spiro atoms. The van der Waals surface area contributed by atoms with Crippen LogP contribution in [0.4, 0.5) is 5.69 Å². The van der Waals surface area contributed by atoms with Crippen molar-refractivity contribution < 1.29 is 9.66 Å². The fraction of sp³-hybridized carbons (Fsp3) is 0.533. The maximum atomic E-state index is 11.0. The number of nitro benzene ring substituents is 1. The second kappa shape index (κ2) is 6.38. The summed E-state index contributed by atoms with van der Waals surface area (Å²) in [5, 5.41) is 20.0. The fourth-order valence-electron chi connectivity index (χ4n) is 2.00. The number of hydrogen-bond acceptors (Lipinski definition) is 4. The zero-order valence-corrected chi connectivity index (χ0v) is 12.4. The minimum Gasteiger partial charge on any atom is -0.487 e. The van der Waals surface area contributed by atoms with Crippen LogP contribution in [0, 0.1) is 40.7 Å². The molecule has 0 aliphatic carbocycles. The second-order valence-electron chi connectivity index (χ2n) is 5.63. The first-order valence-electron chi connectivity index (χ1n) is 6.56. The van der Waals surface area contributed by atoms with Crippen molar-refractivity contribution >= 4 is 5.69 Å². The molecule has 5 nitrogen and oxygen atoms in total. The van der Waals surface area contributed by atoms with Crippen LogP contribution in [-0.4, -0.2) is 11.5 Å². The van der Waals surface area contributed by atoms with Crippen molar-refractivity contribution in [1.29, 1.82) is 5.26 Å². The van der Waals surface area contributed by atoms with Gasteiger partial charge < -0.3 is 4.74 Å². The zero-order valence-electron chi connectivity index (χ0n) is 12.4. The summed E-state index contributed by atoms with van der Waals surface area (Å²) in [6.07, 6.45) is 1.38. The molecule has 0 aliphatic rings. The molecule has 5 heteroatoms. The van der Waals surface area contributed by atoms with Crippen LogP contribution in [0.15, 0.2) is 12.1 Å². The lowest BCUT2D eigenvalue weighted by atomic mass is 9.90. The van der Waals surface area contributed by atoms with Gasteiger partial charge in [0, 0.05) is 6.07 Å². The molecule has 108 valence electrons. The van der Waals surface area contributed by atoms with E-state index in [4.69, 9.17) is 10.00 Å². The quantitative estimate of drug-likeness (QED) is 0.448. The predicted octanol–water partition coefficient (Wildman–Crippen LogP) is 3.92. The molecule has 0 N–H and O–H groups in total.